The number of para-hydroxylation sites is 3. The molecule has 0 aliphatic rings. The molecular weight excluding hydrogens is 639 g/mol. The van der Waals surface area contributed by atoms with E-state index < -0.39 is 0 Å². The topological polar surface area (TPSA) is 65.0 Å². The summed E-state index contributed by atoms with van der Waals surface area (Å²) in [6.45, 7) is 0. The lowest BCUT2D eigenvalue weighted by Crippen LogP contribution is -2.00. The summed E-state index contributed by atoms with van der Waals surface area (Å²) in [5.74, 6) is 1.77. The van der Waals surface area contributed by atoms with Crippen molar-refractivity contribution in [2.24, 2.45) is 0 Å². The van der Waals surface area contributed by atoms with Crippen LogP contribution in [0.1, 0.15) is 0 Å². The maximum atomic E-state index is 6.56. The molecule has 5 nitrogen and oxygen atoms in total. The molecule has 3 aromatic heterocycles. The Hall–Kier alpha value is -7.11. The summed E-state index contributed by atoms with van der Waals surface area (Å²) in [6, 6.07) is 56.3. The summed E-state index contributed by atoms with van der Waals surface area (Å²) in [5.41, 5.74) is 7.85. The van der Waals surface area contributed by atoms with Crippen molar-refractivity contribution in [3.63, 3.8) is 0 Å². The molecule has 5 heteroatoms. The highest BCUT2D eigenvalue weighted by molar-refractivity contribution is 6.15. The molecule has 0 atom stereocenters. The Bertz CT molecular complexity index is 3190. The molecule has 0 aliphatic heterocycles. The number of benzene rings is 8. The van der Waals surface area contributed by atoms with E-state index in [4.69, 9.17) is 23.8 Å². The van der Waals surface area contributed by atoms with Gasteiger partial charge in [0.25, 0.3) is 0 Å². The minimum absolute atomic E-state index is 0.567. The third-order valence-electron chi connectivity index (χ3n) is 10.1. The van der Waals surface area contributed by atoms with Crippen LogP contribution in [0.25, 0.3) is 111 Å². The van der Waals surface area contributed by atoms with E-state index in [9.17, 15) is 0 Å². The largest absolute Gasteiger partial charge is 0.456 e. The molecule has 8 aromatic carbocycles. The smallest absolute Gasteiger partial charge is 0.164 e. The van der Waals surface area contributed by atoms with Crippen molar-refractivity contribution in [2.45, 2.75) is 0 Å². The average Bonchev–Trinajstić information content (AvgIpc) is 3.79. The summed E-state index contributed by atoms with van der Waals surface area (Å²) in [6.07, 6.45) is 0. The number of aromatic nitrogens is 3. The molecule has 0 spiro atoms. The first kappa shape index (κ1) is 28.7. The maximum absolute atomic E-state index is 6.56. The number of nitrogens with zero attached hydrogens (tertiary/aromatic N) is 3. The minimum Gasteiger partial charge on any atom is -0.456 e. The highest BCUT2D eigenvalue weighted by Gasteiger charge is 2.21. The first-order chi connectivity index (χ1) is 25.7. The Balaban J connectivity index is 1.19. The molecule has 0 fully saturated rings. The quantitative estimate of drug-likeness (QED) is 0.175. The fourth-order valence-corrected chi connectivity index (χ4v) is 7.65. The number of fused-ring (bicyclic) bond motifs is 9. The Morgan fingerprint density at radius 3 is 1.85 bits per heavy atom. The third kappa shape index (κ3) is 4.46. The van der Waals surface area contributed by atoms with E-state index in [1.807, 2.05) is 66.7 Å². The van der Waals surface area contributed by atoms with Crippen molar-refractivity contribution < 1.29 is 8.83 Å². The highest BCUT2D eigenvalue weighted by atomic mass is 16.3. The number of hydrogen-bond acceptors (Lipinski definition) is 5. The molecule has 11 aromatic rings. The molecule has 11 rings (SSSR count). The molecule has 0 saturated heterocycles. The number of hydrogen-bond donors (Lipinski definition) is 0. The molecule has 0 unspecified atom stereocenters. The summed E-state index contributed by atoms with van der Waals surface area (Å²) >= 11 is 0. The van der Waals surface area contributed by atoms with Crippen molar-refractivity contribution >= 4 is 65.4 Å². The molecule has 0 amide bonds. The summed E-state index contributed by atoms with van der Waals surface area (Å²) < 4.78 is 13.1. The van der Waals surface area contributed by atoms with E-state index in [0.717, 1.165) is 77.1 Å². The van der Waals surface area contributed by atoms with Crippen LogP contribution in [-0.2, 0) is 0 Å². The van der Waals surface area contributed by atoms with E-state index in [0.29, 0.717) is 17.5 Å². The molecule has 3 heterocycles. The van der Waals surface area contributed by atoms with Crippen LogP contribution in [0.5, 0.6) is 0 Å². The molecule has 0 N–H and O–H groups in total. The lowest BCUT2D eigenvalue weighted by Gasteiger charge is -2.12. The summed E-state index contributed by atoms with van der Waals surface area (Å²) in [7, 11) is 0. The SMILES string of the molecule is c1ccc(-c2nc(-c3ccc4c(ccc5ccccc54)c3)nc(-c3cc(-c4cccc5c4oc4ccccc45)cc4oc5ccccc5c34)n2)cc1. The van der Waals surface area contributed by atoms with Gasteiger partial charge in [0.2, 0.25) is 0 Å². The van der Waals surface area contributed by atoms with Gasteiger partial charge >= 0.3 is 0 Å². The Labute approximate surface area is 297 Å². The minimum atomic E-state index is 0.567. The van der Waals surface area contributed by atoms with E-state index in [1.54, 1.807) is 0 Å². The van der Waals surface area contributed by atoms with Gasteiger partial charge in [0.15, 0.2) is 17.5 Å². The van der Waals surface area contributed by atoms with Crippen molar-refractivity contribution in [2.75, 3.05) is 0 Å². The van der Waals surface area contributed by atoms with Crippen LogP contribution in [0.2, 0.25) is 0 Å². The lowest BCUT2D eigenvalue weighted by atomic mass is 9.96. The molecule has 0 saturated carbocycles. The average molecular weight is 666 g/mol. The zero-order chi connectivity index (χ0) is 34.2. The Kier molecular flexibility index (Phi) is 6.18. The summed E-state index contributed by atoms with van der Waals surface area (Å²) in [5, 5.41) is 8.87. The van der Waals surface area contributed by atoms with E-state index >= 15 is 0 Å². The third-order valence-corrected chi connectivity index (χ3v) is 10.1. The predicted molar refractivity (Wildman–Crippen MR) is 211 cm³/mol. The van der Waals surface area contributed by atoms with Crippen LogP contribution in [-0.4, -0.2) is 15.0 Å². The molecular formula is C47H27N3O2. The van der Waals surface area contributed by atoms with Gasteiger partial charge in [-0.2, -0.15) is 0 Å². The van der Waals surface area contributed by atoms with Crippen molar-refractivity contribution in [3.8, 4) is 45.3 Å². The van der Waals surface area contributed by atoms with Gasteiger partial charge in [-0.1, -0.05) is 133 Å². The number of furan rings is 2. The Morgan fingerprint density at radius 1 is 0.327 bits per heavy atom. The standard InChI is InChI=1S/C47H27N3O2/c1-2-12-29(13-3-1)45-48-46(31-23-24-34-30(25-31)22-21-28-11-4-5-14-33(28)34)50-47(49-45)39-26-32(27-42-43(39)38-16-7-9-20-41(38)51-42)35-17-10-18-37-36-15-6-8-19-40(36)52-44(35)37/h1-27H. The van der Waals surface area contributed by atoms with Crippen LogP contribution in [0, 0.1) is 0 Å². The van der Waals surface area contributed by atoms with Gasteiger partial charge in [0, 0.05) is 43.8 Å². The van der Waals surface area contributed by atoms with Crippen LogP contribution in [0.4, 0.5) is 0 Å². The van der Waals surface area contributed by atoms with Crippen LogP contribution >= 0.6 is 0 Å². The zero-order valence-corrected chi connectivity index (χ0v) is 27.7. The molecule has 0 radical (unpaired) electrons. The van der Waals surface area contributed by atoms with E-state index in [-0.39, 0.29) is 0 Å². The van der Waals surface area contributed by atoms with E-state index in [1.165, 1.54) is 16.2 Å². The fourth-order valence-electron chi connectivity index (χ4n) is 7.65. The first-order valence-corrected chi connectivity index (χ1v) is 17.3. The first-order valence-electron chi connectivity index (χ1n) is 17.3. The van der Waals surface area contributed by atoms with Gasteiger partial charge in [-0.05, 0) is 57.4 Å². The highest BCUT2D eigenvalue weighted by Crippen LogP contribution is 2.42. The van der Waals surface area contributed by atoms with Crippen molar-refractivity contribution in [1.29, 1.82) is 0 Å². The lowest BCUT2D eigenvalue weighted by molar-refractivity contribution is 0.668. The maximum Gasteiger partial charge on any atom is 0.164 e. The monoisotopic (exact) mass is 665 g/mol. The van der Waals surface area contributed by atoms with Gasteiger partial charge in [-0.25, -0.2) is 15.0 Å². The number of rotatable bonds is 4. The predicted octanol–water partition coefficient (Wildman–Crippen LogP) is 12.6. The van der Waals surface area contributed by atoms with Crippen LogP contribution in [0.3, 0.4) is 0 Å². The molecule has 52 heavy (non-hydrogen) atoms. The van der Waals surface area contributed by atoms with Crippen molar-refractivity contribution in [1.82, 2.24) is 15.0 Å². The van der Waals surface area contributed by atoms with E-state index in [2.05, 4.69) is 97.1 Å². The van der Waals surface area contributed by atoms with Gasteiger partial charge in [-0.15, -0.1) is 0 Å². The van der Waals surface area contributed by atoms with Gasteiger partial charge in [0.1, 0.15) is 22.3 Å². The van der Waals surface area contributed by atoms with Crippen LogP contribution < -0.4 is 0 Å². The normalized spacial score (nSPS) is 11.8. The summed E-state index contributed by atoms with van der Waals surface area (Å²) in [4.78, 5) is 15.5. The van der Waals surface area contributed by atoms with Gasteiger partial charge in [0.05, 0.1) is 0 Å². The fraction of sp³-hybridized carbons (Fsp3) is 0. The Morgan fingerprint density at radius 2 is 0.981 bits per heavy atom. The second-order valence-corrected chi connectivity index (χ2v) is 13.2. The van der Waals surface area contributed by atoms with Gasteiger partial charge < -0.3 is 8.83 Å². The van der Waals surface area contributed by atoms with Crippen LogP contribution in [0.15, 0.2) is 173 Å². The molecule has 242 valence electrons. The van der Waals surface area contributed by atoms with Gasteiger partial charge in [-0.3, -0.25) is 0 Å². The molecule has 0 aliphatic carbocycles. The second-order valence-electron chi connectivity index (χ2n) is 13.2. The van der Waals surface area contributed by atoms with Crippen molar-refractivity contribution in [3.05, 3.63) is 164 Å². The second kappa shape index (κ2) is 11.2. The molecule has 0 bridgehead atoms. The zero-order valence-electron chi connectivity index (χ0n) is 27.7.